The van der Waals surface area contributed by atoms with E-state index in [1.54, 1.807) is 0 Å². The first-order valence-electron chi connectivity index (χ1n) is 9.50. The van der Waals surface area contributed by atoms with E-state index in [0.29, 0.717) is 23.8 Å². The maximum absolute atomic E-state index is 11.5. The molecule has 3 aliphatic heterocycles. The third-order valence-corrected chi connectivity index (χ3v) is 6.02. The first kappa shape index (κ1) is 16.3. The highest BCUT2D eigenvalue weighted by Crippen LogP contribution is 2.42. The minimum absolute atomic E-state index is 0.0844. The van der Waals surface area contributed by atoms with Gasteiger partial charge in [0.15, 0.2) is 0 Å². The van der Waals surface area contributed by atoms with Gasteiger partial charge in [-0.25, -0.2) is 0 Å². The van der Waals surface area contributed by atoms with E-state index >= 15 is 0 Å². The highest BCUT2D eigenvalue weighted by atomic mass is 16.5. The summed E-state index contributed by atoms with van der Waals surface area (Å²) < 4.78 is 5.93. The van der Waals surface area contributed by atoms with E-state index in [9.17, 15) is 10.1 Å². The van der Waals surface area contributed by atoms with Crippen LogP contribution in [0, 0.1) is 17.2 Å². The van der Waals surface area contributed by atoms with Crippen molar-refractivity contribution in [2.45, 2.75) is 18.8 Å². The quantitative estimate of drug-likeness (QED) is 0.915. The number of amides is 1. The molecule has 5 heteroatoms. The van der Waals surface area contributed by atoms with Crippen molar-refractivity contribution in [1.82, 2.24) is 4.90 Å². The van der Waals surface area contributed by atoms with E-state index in [4.69, 9.17) is 4.74 Å². The Morgan fingerprint density at radius 3 is 3.04 bits per heavy atom. The number of ether oxygens (including phenoxy) is 1. The van der Waals surface area contributed by atoms with Crippen molar-refractivity contribution < 1.29 is 9.53 Å². The second-order valence-electron chi connectivity index (χ2n) is 7.77. The number of nitrogens with zero attached hydrogens (tertiary/aromatic N) is 2. The molecule has 0 spiro atoms. The topological polar surface area (TPSA) is 65.4 Å². The van der Waals surface area contributed by atoms with Crippen LogP contribution >= 0.6 is 0 Å². The molecule has 1 amide bonds. The van der Waals surface area contributed by atoms with Crippen molar-refractivity contribution in [3.8, 4) is 11.8 Å². The van der Waals surface area contributed by atoms with Gasteiger partial charge in [0, 0.05) is 42.7 Å². The molecule has 2 aromatic carbocycles. The third kappa shape index (κ3) is 2.96. The van der Waals surface area contributed by atoms with E-state index in [-0.39, 0.29) is 5.91 Å². The van der Waals surface area contributed by atoms with Crippen LogP contribution in [0.25, 0.3) is 0 Å². The molecule has 5 rings (SSSR count). The first-order chi connectivity index (χ1) is 13.2. The van der Waals surface area contributed by atoms with E-state index in [1.165, 1.54) is 11.1 Å². The molecule has 0 radical (unpaired) electrons. The summed E-state index contributed by atoms with van der Waals surface area (Å²) in [6, 6.07) is 14.3. The Morgan fingerprint density at radius 1 is 1.22 bits per heavy atom. The lowest BCUT2D eigenvalue weighted by Gasteiger charge is -2.27. The smallest absolute Gasteiger partial charge is 0.228 e. The fourth-order valence-electron chi connectivity index (χ4n) is 4.63. The largest absolute Gasteiger partial charge is 0.493 e. The minimum Gasteiger partial charge on any atom is -0.493 e. The molecule has 27 heavy (non-hydrogen) atoms. The molecule has 5 nitrogen and oxygen atoms in total. The number of carbonyl (C=O) groups excluding carboxylic acids is 1. The predicted molar refractivity (Wildman–Crippen MR) is 102 cm³/mol. The number of carbonyl (C=O) groups is 1. The Morgan fingerprint density at radius 2 is 2.15 bits per heavy atom. The van der Waals surface area contributed by atoms with Gasteiger partial charge in [0.05, 0.1) is 24.7 Å². The third-order valence-electron chi connectivity index (χ3n) is 6.02. The zero-order valence-corrected chi connectivity index (χ0v) is 15.1. The predicted octanol–water partition coefficient (Wildman–Crippen LogP) is 2.70. The summed E-state index contributed by atoms with van der Waals surface area (Å²) in [7, 11) is 0. The fraction of sp³-hybridized carbons (Fsp3) is 0.364. The number of nitriles is 1. The van der Waals surface area contributed by atoms with Crippen LogP contribution in [0.2, 0.25) is 0 Å². The summed E-state index contributed by atoms with van der Waals surface area (Å²) >= 11 is 0. The lowest BCUT2D eigenvalue weighted by atomic mass is 9.86. The number of benzene rings is 2. The fourth-order valence-corrected chi connectivity index (χ4v) is 4.63. The molecule has 1 fully saturated rings. The van der Waals surface area contributed by atoms with Gasteiger partial charge in [-0.3, -0.25) is 4.79 Å². The zero-order chi connectivity index (χ0) is 18.4. The van der Waals surface area contributed by atoms with Crippen molar-refractivity contribution in [3.63, 3.8) is 0 Å². The maximum atomic E-state index is 11.5. The Hall–Kier alpha value is -2.84. The van der Waals surface area contributed by atoms with E-state index in [2.05, 4.69) is 28.4 Å². The Balaban J connectivity index is 1.27. The van der Waals surface area contributed by atoms with Crippen LogP contribution in [-0.4, -0.2) is 37.0 Å². The average Bonchev–Trinajstić information content (AvgIpc) is 3.27. The molecule has 0 saturated carbocycles. The summed E-state index contributed by atoms with van der Waals surface area (Å²) in [5, 5.41) is 12.1. The highest BCUT2D eigenvalue weighted by Gasteiger charge is 2.38. The van der Waals surface area contributed by atoms with E-state index in [1.807, 2.05) is 24.3 Å². The summed E-state index contributed by atoms with van der Waals surface area (Å²) in [6.45, 7) is 3.81. The van der Waals surface area contributed by atoms with Crippen LogP contribution in [0.4, 0.5) is 5.69 Å². The zero-order valence-electron chi connectivity index (χ0n) is 15.1. The van der Waals surface area contributed by atoms with Gasteiger partial charge in [-0.2, -0.15) is 5.26 Å². The first-order valence-corrected chi connectivity index (χ1v) is 9.50. The molecule has 0 bridgehead atoms. The average molecular weight is 359 g/mol. The number of anilines is 1. The van der Waals surface area contributed by atoms with Gasteiger partial charge in [-0.1, -0.05) is 12.1 Å². The summed E-state index contributed by atoms with van der Waals surface area (Å²) in [5.74, 6) is 1.96. The normalized spacial score (nSPS) is 23.0. The number of fused-ring (bicyclic) bond motifs is 4. The molecule has 1 saturated heterocycles. The Bertz CT molecular complexity index is 963. The summed E-state index contributed by atoms with van der Waals surface area (Å²) in [5.41, 5.74) is 5.24. The second-order valence-corrected chi connectivity index (χ2v) is 7.77. The van der Waals surface area contributed by atoms with Gasteiger partial charge in [-0.05, 0) is 41.8 Å². The van der Waals surface area contributed by atoms with Gasteiger partial charge in [0.2, 0.25) is 5.91 Å². The number of rotatable bonds is 3. The van der Waals surface area contributed by atoms with Crippen molar-refractivity contribution in [1.29, 1.82) is 5.26 Å². The van der Waals surface area contributed by atoms with Gasteiger partial charge in [0.1, 0.15) is 5.75 Å². The maximum Gasteiger partial charge on any atom is 0.228 e. The van der Waals surface area contributed by atoms with Crippen LogP contribution in [0.5, 0.6) is 5.75 Å². The lowest BCUT2D eigenvalue weighted by Crippen LogP contribution is -2.25. The molecule has 0 unspecified atom stereocenters. The van der Waals surface area contributed by atoms with Crippen molar-refractivity contribution in [2.75, 3.05) is 31.6 Å². The van der Waals surface area contributed by atoms with E-state index < -0.39 is 0 Å². The molecule has 0 aliphatic carbocycles. The Kier molecular flexibility index (Phi) is 3.87. The number of likely N-dealkylation sites (tertiary alicyclic amines) is 1. The van der Waals surface area contributed by atoms with E-state index in [0.717, 1.165) is 49.7 Å². The molecule has 3 heterocycles. The Labute approximate surface area is 158 Å². The standard InChI is InChI=1S/C22H21N3O2/c23-10-15-2-4-21-18(8-15)19-12-25(11-17(19)13-27-21)6-5-14-1-3-20-16(7-14)9-22(26)24-20/h1-4,7-8,17,19H,5-6,9,11-13H2,(H,24,26)/t17-,19+/m1/s1. The van der Waals surface area contributed by atoms with Crippen LogP contribution in [-0.2, 0) is 17.6 Å². The number of hydrogen-bond donors (Lipinski definition) is 1. The highest BCUT2D eigenvalue weighted by molar-refractivity contribution is 5.99. The molecule has 2 aromatic rings. The van der Waals surface area contributed by atoms with Crippen LogP contribution in [0.3, 0.4) is 0 Å². The number of hydrogen-bond acceptors (Lipinski definition) is 4. The van der Waals surface area contributed by atoms with Crippen LogP contribution in [0.15, 0.2) is 36.4 Å². The van der Waals surface area contributed by atoms with Crippen molar-refractivity contribution in [2.24, 2.45) is 5.92 Å². The molecule has 136 valence electrons. The second kappa shape index (κ2) is 6.40. The van der Waals surface area contributed by atoms with Gasteiger partial charge in [0.25, 0.3) is 0 Å². The molecule has 2 atom stereocenters. The lowest BCUT2D eigenvalue weighted by molar-refractivity contribution is -0.115. The molecule has 1 N–H and O–H groups in total. The monoisotopic (exact) mass is 359 g/mol. The molecule has 0 aromatic heterocycles. The number of nitrogens with one attached hydrogen (secondary N) is 1. The van der Waals surface area contributed by atoms with Gasteiger partial charge >= 0.3 is 0 Å². The van der Waals surface area contributed by atoms with Gasteiger partial charge < -0.3 is 15.0 Å². The minimum atomic E-state index is 0.0844. The van der Waals surface area contributed by atoms with Gasteiger partial charge in [-0.15, -0.1) is 0 Å². The molecular formula is C22H21N3O2. The SMILES string of the molecule is N#Cc1ccc2c(c1)[C@H]1CN(CCc3ccc4c(c3)CC(=O)N4)C[C@@H]1CO2. The van der Waals surface area contributed by atoms with Crippen molar-refractivity contribution >= 4 is 11.6 Å². The summed E-state index contributed by atoms with van der Waals surface area (Å²) in [6.07, 6.45) is 1.47. The van der Waals surface area contributed by atoms with Crippen molar-refractivity contribution in [3.05, 3.63) is 58.7 Å². The van der Waals surface area contributed by atoms with Crippen LogP contribution in [0.1, 0.15) is 28.2 Å². The molecular weight excluding hydrogens is 338 g/mol. The molecule has 3 aliphatic rings. The summed E-state index contributed by atoms with van der Waals surface area (Å²) in [4.78, 5) is 14.0. The van der Waals surface area contributed by atoms with Crippen LogP contribution < -0.4 is 10.1 Å².